The number of hydrogen-bond acceptors (Lipinski definition) is 0. The van der Waals surface area contributed by atoms with Gasteiger partial charge in [-0.3, -0.25) is 0 Å². The summed E-state index contributed by atoms with van der Waals surface area (Å²) in [6, 6.07) is 0. The lowest BCUT2D eigenvalue weighted by molar-refractivity contribution is -0.0772. The van der Waals surface area contributed by atoms with Crippen LogP contribution in [0.5, 0.6) is 0 Å². The van der Waals surface area contributed by atoms with Crippen molar-refractivity contribution in [2.75, 3.05) is 0 Å². The van der Waals surface area contributed by atoms with Crippen LogP contribution in [0.15, 0.2) is 0 Å². The first-order valence-electron chi connectivity index (χ1n) is 7.93. The highest BCUT2D eigenvalue weighted by Gasteiger charge is 2.50. The fraction of sp³-hybridized carbons (Fsp3) is 1.00. The van der Waals surface area contributed by atoms with E-state index in [-0.39, 0.29) is 0 Å². The second-order valence-electron chi connectivity index (χ2n) is 7.16. The van der Waals surface area contributed by atoms with Crippen molar-refractivity contribution in [1.82, 2.24) is 0 Å². The molecule has 0 amide bonds. The van der Waals surface area contributed by atoms with E-state index in [0.29, 0.717) is 5.41 Å². The van der Waals surface area contributed by atoms with E-state index in [2.05, 4.69) is 41.5 Å². The van der Waals surface area contributed by atoms with Crippen LogP contribution < -0.4 is 0 Å². The van der Waals surface area contributed by atoms with Crippen LogP contribution in [0, 0.1) is 29.1 Å². The van der Waals surface area contributed by atoms with Crippen LogP contribution in [0.1, 0.15) is 80.1 Å². The van der Waals surface area contributed by atoms with Crippen molar-refractivity contribution in [3.8, 4) is 0 Å². The molecule has 0 aliphatic heterocycles. The van der Waals surface area contributed by atoms with Gasteiger partial charge < -0.3 is 0 Å². The zero-order valence-electron chi connectivity index (χ0n) is 13.1. The highest BCUT2D eigenvalue weighted by molar-refractivity contribution is 4.99. The molecular formula is C17H34. The molecule has 0 radical (unpaired) electrons. The third-order valence-electron chi connectivity index (χ3n) is 5.84. The van der Waals surface area contributed by atoms with Gasteiger partial charge in [-0.05, 0) is 41.9 Å². The summed E-state index contributed by atoms with van der Waals surface area (Å²) in [5, 5.41) is 0. The largest absolute Gasteiger partial charge is 0.0654 e. The Hall–Kier alpha value is 0. The van der Waals surface area contributed by atoms with Gasteiger partial charge in [-0.25, -0.2) is 0 Å². The summed E-state index contributed by atoms with van der Waals surface area (Å²) in [7, 11) is 0. The lowest BCUT2D eigenvalue weighted by atomic mass is 9.48. The van der Waals surface area contributed by atoms with E-state index in [9.17, 15) is 0 Å². The SMILES string of the molecule is CCCCCCC1(C)C(C)CC1C(C)C(C)C. The molecular weight excluding hydrogens is 204 g/mol. The van der Waals surface area contributed by atoms with Gasteiger partial charge in [-0.2, -0.15) is 0 Å². The van der Waals surface area contributed by atoms with Gasteiger partial charge in [0.05, 0.1) is 0 Å². The van der Waals surface area contributed by atoms with E-state index in [0.717, 1.165) is 23.7 Å². The molecule has 0 N–H and O–H groups in total. The minimum absolute atomic E-state index is 0.650. The number of unbranched alkanes of at least 4 members (excludes halogenated alkanes) is 3. The van der Waals surface area contributed by atoms with Crippen LogP contribution in [0.3, 0.4) is 0 Å². The molecule has 1 rings (SSSR count). The molecule has 0 bridgehead atoms. The number of hydrogen-bond donors (Lipinski definition) is 0. The Labute approximate surface area is 110 Å². The van der Waals surface area contributed by atoms with E-state index in [1.807, 2.05) is 0 Å². The summed E-state index contributed by atoms with van der Waals surface area (Å²) >= 11 is 0. The van der Waals surface area contributed by atoms with Crippen LogP contribution in [0.4, 0.5) is 0 Å². The predicted octanol–water partition coefficient (Wildman–Crippen LogP) is 5.91. The Morgan fingerprint density at radius 1 is 1.12 bits per heavy atom. The molecule has 1 aliphatic rings. The Morgan fingerprint density at radius 2 is 1.76 bits per heavy atom. The van der Waals surface area contributed by atoms with Crippen LogP contribution >= 0.6 is 0 Å². The lowest BCUT2D eigenvalue weighted by Crippen LogP contribution is -2.49. The van der Waals surface area contributed by atoms with E-state index in [4.69, 9.17) is 0 Å². The summed E-state index contributed by atoms with van der Waals surface area (Å²) in [6.07, 6.45) is 8.63. The van der Waals surface area contributed by atoms with Gasteiger partial charge in [0.2, 0.25) is 0 Å². The molecule has 102 valence electrons. The minimum atomic E-state index is 0.650. The smallest absolute Gasteiger partial charge is 0.0269 e. The zero-order chi connectivity index (χ0) is 13.1. The second-order valence-corrected chi connectivity index (χ2v) is 7.16. The molecule has 0 nitrogen and oxygen atoms in total. The maximum absolute atomic E-state index is 2.57. The van der Waals surface area contributed by atoms with Gasteiger partial charge in [0.1, 0.15) is 0 Å². The van der Waals surface area contributed by atoms with Gasteiger partial charge in [-0.15, -0.1) is 0 Å². The van der Waals surface area contributed by atoms with Gasteiger partial charge in [0.25, 0.3) is 0 Å². The fourth-order valence-electron chi connectivity index (χ4n) is 3.77. The van der Waals surface area contributed by atoms with E-state index < -0.39 is 0 Å². The van der Waals surface area contributed by atoms with Gasteiger partial charge in [-0.1, -0.05) is 67.2 Å². The summed E-state index contributed by atoms with van der Waals surface area (Å²) in [6.45, 7) is 14.6. The first kappa shape index (κ1) is 15.1. The lowest BCUT2D eigenvalue weighted by Gasteiger charge is -2.57. The van der Waals surface area contributed by atoms with Crippen molar-refractivity contribution in [2.45, 2.75) is 80.1 Å². The van der Waals surface area contributed by atoms with Crippen LogP contribution in [-0.4, -0.2) is 0 Å². The van der Waals surface area contributed by atoms with Crippen LogP contribution in [0.25, 0.3) is 0 Å². The second kappa shape index (κ2) is 6.25. The third kappa shape index (κ3) is 3.26. The summed E-state index contributed by atoms with van der Waals surface area (Å²) in [5.41, 5.74) is 0.650. The molecule has 4 unspecified atom stereocenters. The van der Waals surface area contributed by atoms with Crippen LogP contribution in [-0.2, 0) is 0 Å². The molecule has 17 heavy (non-hydrogen) atoms. The molecule has 0 heteroatoms. The highest BCUT2D eigenvalue weighted by atomic mass is 14.5. The quantitative estimate of drug-likeness (QED) is 0.484. The Bertz CT molecular complexity index is 218. The van der Waals surface area contributed by atoms with E-state index >= 15 is 0 Å². The molecule has 0 aromatic carbocycles. The molecule has 0 aromatic heterocycles. The zero-order valence-corrected chi connectivity index (χ0v) is 13.1. The molecule has 1 saturated carbocycles. The van der Waals surface area contributed by atoms with Crippen molar-refractivity contribution in [3.05, 3.63) is 0 Å². The van der Waals surface area contributed by atoms with Crippen molar-refractivity contribution >= 4 is 0 Å². The average molecular weight is 238 g/mol. The summed E-state index contributed by atoms with van der Waals surface area (Å²) in [5.74, 6) is 3.69. The molecule has 0 heterocycles. The van der Waals surface area contributed by atoms with Crippen LogP contribution in [0.2, 0.25) is 0 Å². The van der Waals surface area contributed by atoms with E-state index in [1.165, 1.54) is 38.5 Å². The first-order valence-corrected chi connectivity index (χ1v) is 7.93. The Morgan fingerprint density at radius 3 is 2.24 bits per heavy atom. The topological polar surface area (TPSA) is 0 Å². The molecule has 0 saturated heterocycles. The Balaban J connectivity index is 2.46. The molecule has 1 aliphatic carbocycles. The average Bonchev–Trinajstić information content (AvgIpc) is 2.30. The molecule has 0 aromatic rings. The fourth-order valence-corrected chi connectivity index (χ4v) is 3.77. The third-order valence-corrected chi connectivity index (χ3v) is 5.84. The monoisotopic (exact) mass is 238 g/mol. The summed E-state index contributed by atoms with van der Waals surface area (Å²) < 4.78 is 0. The maximum Gasteiger partial charge on any atom is -0.0269 e. The number of rotatable bonds is 7. The van der Waals surface area contributed by atoms with Crippen molar-refractivity contribution < 1.29 is 0 Å². The predicted molar refractivity (Wildman–Crippen MR) is 78.1 cm³/mol. The van der Waals surface area contributed by atoms with Gasteiger partial charge in [0, 0.05) is 0 Å². The van der Waals surface area contributed by atoms with Crippen molar-refractivity contribution in [1.29, 1.82) is 0 Å². The highest BCUT2D eigenvalue weighted by Crippen LogP contribution is 2.58. The Kier molecular flexibility index (Phi) is 5.54. The normalized spacial score (nSPS) is 34.8. The standard InChI is InChI=1S/C17H34/c1-7-8-9-10-11-17(6)14(4)12-16(17)15(5)13(2)3/h13-16H,7-12H2,1-6H3. The summed E-state index contributed by atoms with van der Waals surface area (Å²) in [4.78, 5) is 0. The molecule has 1 fully saturated rings. The first-order chi connectivity index (χ1) is 7.93. The van der Waals surface area contributed by atoms with Gasteiger partial charge in [0.15, 0.2) is 0 Å². The van der Waals surface area contributed by atoms with Crippen molar-refractivity contribution in [3.63, 3.8) is 0 Å². The molecule has 4 atom stereocenters. The van der Waals surface area contributed by atoms with Gasteiger partial charge >= 0.3 is 0 Å². The van der Waals surface area contributed by atoms with Crippen molar-refractivity contribution in [2.24, 2.45) is 29.1 Å². The molecule has 0 spiro atoms. The minimum Gasteiger partial charge on any atom is -0.0654 e. The maximum atomic E-state index is 2.57. The van der Waals surface area contributed by atoms with E-state index in [1.54, 1.807) is 0 Å².